The fourth-order valence-electron chi connectivity index (χ4n) is 3.23. The van der Waals surface area contributed by atoms with Crippen LogP contribution in [0.2, 0.25) is 5.02 Å². The molecule has 1 aliphatic heterocycles. The molecule has 0 saturated heterocycles. The summed E-state index contributed by atoms with van der Waals surface area (Å²) in [5.41, 5.74) is 4.14. The smallest absolute Gasteiger partial charge is 0.277 e. The molecule has 4 rings (SSSR count). The SMILES string of the molecule is Cc1cc(-c2cnn3c2C(=O)N(c2ccc(Cl)cc2)C[C@@H]3C)ccn1.Cl. The first-order valence-corrected chi connectivity index (χ1v) is 8.50. The summed E-state index contributed by atoms with van der Waals surface area (Å²) < 4.78 is 1.82. The third kappa shape index (κ3) is 3.08. The summed E-state index contributed by atoms with van der Waals surface area (Å²) in [6.45, 7) is 4.57. The maximum Gasteiger partial charge on any atom is 0.277 e. The highest BCUT2D eigenvalue weighted by atomic mass is 35.5. The van der Waals surface area contributed by atoms with Crippen molar-refractivity contribution in [2.24, 2.45) is 0 Å². The molecule has 0 N–H and O–H groups in total. The first-order valence-electron chi connectivity index (χ1n) is 8.12. The van der Waals surface area contributed by atoms with Crippen LogP contribution in [0.25, 0.3) is 11.1 Å². The molecule has 0 bridgehead atoms. The van der Waals surface area contributed by atoms with Gasteiger partial charge in [0.05, 0.1) is 12.2 Å². The molecule has 1 aliphatic rings. The van der Waals surface area contributed by atoms with Gasteiger partial charge in [-0.2, -0.15) is 5.10 Å². The number of nitrogens with zero attached hydrogens (tertiary/aromatic N) is 4. The summed E-state index contributed by atoms with van der Waals surface area (Å²) in [7, 11) is 0. The molecule has 0 aliphatic carbocycles. The molecule has 5 nitrogen and oxygen atoms in total. The second-order valence-corrected chi connectivity index (χ2v) is 6.71. The molecule has 26 heavy (non-hydrogen) atoms. The van der Waals surface area contributed by atoms with E-state index in [0.29, 0.717) is 17.3 Å². The Morgan fingerprint density at radius 1 is 1.19 bits per heavy atom. The highest BCUT2D eigenvalue weighted by Gasteiger charge is 2.33. The summed E-state index contributed by atoms with van der Waals surface area (Å²) in [5, 5.41) is 5.12. The van der Waals surface area contributed by atoms with Crippen molar-refractivity contribution in [3.8, 4) is 11.1 Å². The van der Waals surface area contributed by atoms with Gasteiger partial charge in [-0.05, 0) is 55.8 Å². The van der Waals surface area contributed by atoms with E-state index in [4.69, 9.17) is 11.6 Å². The molecule has 0 saturated carbocycles. The Kier molecular flexibility index (Phi) is 5.03. The number of aromatic nitrogens is 3. The van der Waals surface area contributed by atoms with Gasteiger partial charge in [0.15, 0.2) is 0 Å². The molecule has 0 spiro atoms. The maximum atomic E-state index is 13.2. The van der Waals surface area contributed by atoms with Crippen molar-refractivity contribution in [2.75, 3.05) is 11.4 Å². The molecule has 3 heterocycles. The van der Waals surface area contributed by atoms with Crippen molar-refractivity contribution in [3.63, 3.8) is 0 Å². The van der Waals surface area contributed by atoms with Crippen LogP contribution < -0.4 is 4.90 Å². The second-order valence-electron chi connectivity index (χ2n) is 6.28. The average Bonchev–Trinajstić information content (AvgIpc) is 3.05. The Bertz CT molecular complexity index is 952. The number of halogens is 2. The molecule has 0 radical (unpaired) electrons. The van der Waals surface area contributed by atoms with Crippen molar-refractivity contribution in [2.45, 2.75) is 19.9 Å². The molecule has 0 fully saturated rings. The van der Waals surface area contributed by atoms with Crippen molar-refractivity contribution < 1.29 is 4.79 Å². The van der Waals surface area contributed by atoms with Crippen LogP contribution in [0.4, 0.5) is 5.69 Å². The zero-order valence-corrected chi connectivity index (χ0v) is 16.0. The summed E-state index contributed by atoms with van der Waals surface area (Å²) >= 11 is 5.98. The van der Waals surface area contributed by atoms with Crippen LogP contribution in [0.3, 0.4) is 0 Å². The standard InChI is InChI=1S/C19H17ClN4O.ClH/c1-12-9-14(7-8-21-12)17-10-22-24-13(2)11-23(19(25)18(17)24)16-5-3-15(20)4-6-16;/h3-10,13H,11H2,1-2H3;1H/t13-;/m0./s1. The minimum atomic E-state index is -0.0533. The van der Waals surface area contributed by atoms with Gasteiger partial charge < -0.3 is 4.90 Å². The van der Waals surface area contributed by atoms with Crippen molar-refractivity contribution in [3.05, 3.63) is 65.2 Å². The van der Waals surface area contributed by atoms with E-state index >= 15 is 0 Å². The molecule has 1 amide bonds. The average molecular weight is 389 g/mol. The lowest BCUT2D eigenvalue weighted by atomic mass is 10.0. The van der Waals surface area contributed by atoms with Gasteiger partial charge >= 0.3 is 0 Å². The number of aryl methyl sites for hydroxylation is 1. The number of pyridine rings is 1. The lowest BCUT2D eigenvalue weighted by Gasteiger charge is -2.32. The highest BCUT2D eigenvalue weighted by Crippen LogP contribution is 2.32. The van der Waals surface area contributed by atoms with Crippen LogP contribution in [-0.4, -0.2) is 27.2 Å². The number of amides is 1. The van der Waals surface area contributed by atoms with E-state index in [1.165, 1.54) is 0 Å². The number of fused-ring (bicyclic) bond motifs is 1. The molecule has 1 aromatic carbocycles. The quantitative estimate of drug-likeness (QED) is 0.646. The Morgan fingerprint density at radius 3 is 2.62 bits per heavy atom. The first kappa shape index (κ1) is 18.4. The fourth-order valence-corrected chi connectivity index (χ4v) is 3.36. The van der Waals surface area contributed by atoms with E-state index in [1.807, 2.05) is 35.9 Å². The zero-order chi connectivity index (χ0) is 17.6. The van der Waals surface area contributed by atoms with E-state index < -0.39 is 0 Å². The van der Waals surface area contributed by atoms with Gasteiger partial charge in [0.25, 0.3) is 5.91 Å². The van der Waals surface area contributed by atoms with Crippen LogP contribution in [0.15, 0.2) is 48.8 Å². The summed E-state index contributed by atoms with van der Waals surface area (Å²) in [4.78, 5) is 19.2. The van der Waals surface area contributed by atoms with Gasteiger partial charge in [0.2, 0.25) is 0 Å². The minimum Gasteiger partial charge on any atom is -0.305 e. The van der Waals surface area contributed by atoms with Crippen LogP contribution in [-0.2, 0) is 0 Å². The topological polar surface area (TPSA) is 51.0 Å². The van der Waals surface area contributed by atoms with Gasteiger partial charge in [-0.3, -0.25) is 14.5 Å². The number of hydrogen-bond acceptors (Lipinski definition) is 3. The first-order chi connectivity index (χ1) is 12.0. The lowest BCUT2D eigenvalue weighted by Crippen LogP contribution is -2.42. The molecule has 3 aromatic rings. The van der Waals surface area contributed by atoms with Crippen LogP contribution in [0.5, 0.6) is 0 Å². The maximum absolute atomic E-state index is 13.2. The molecule has 134 valence electrons. The Balaban J connectivity index is 0.00000196. The van der Waals surface area contributed by atoms with E-state index in [2.05, 4.69) is 17.0 Å². The number of anilines is 1. The van der Waals surface area contributed by atoms with Crippen molar-refractivity contribution >= 4 is 35.6 Å². The Labute approximate surface area is 163 Å². The van der Waals surface area contributed by atoms with Crippen molar-refractivity contribution in [1.29, 1.82) is 0 Å². The molecule has 7 heteroatoms. The van der Waals surface area contributed by atoms with Crippen molar-refractivity contribution in [1.82, 2.24) is 14.8 Å². The minimum absolute atomic E-state index is 0. The number of rotatable bonds is 2. The molecule has 1 atom stereocenters. The van der Waals surface area contributed by atoms with Gasteiger partial charge in [-0.25, -0.2) is 0 Å². The van der Waals surface area contributed by atoms with Gasteiger partial charge in [-0.15, -0.1) is 12.4 Å². The predicted molar refractivity (Wildman–Crippen MR) is 105 cm³/mol. The normalized spacial score (nSPS) is 16.2. The third-order valence-corrected chi connectivity index (χ3v) is 4.71. The second kappa shape index (κ2) is 7.09. The van der Waals surface area contributed by atoms with E-state index in [1.54, 1.807) is 29.4 Å². The number of carbonyl (C=O) groups is 1. The molecule has 0 unspecified atom stereocenters. The van der Waals surface area contributed by atoms with E-state index in [-0.39, 0.29) is 24.4 Å². The van der Waals surface area contributed by atoms with E-state index in [0.717, 1.165) is 22.5 Å². The predicted octanol–water partition coefficient (Wildman–Crippen LogP) is 4.55. The lowest BCUT2D eigenvalue weighted by molar-refractivity contribution is 0.0954. The monoisotopic (exact) mass is 388 g/mol. The number of hydrogen-bond donors (Lipinski definition) is 0. The van der Waals surface area contributed by atoms with Gasteiger partial charge in [-0.1, -0.05) is 11.6 Å². The summed E-state index contributed by atoms with van der Waals surface area (Å²) in [6, 6.07) is 11.3. The number of carbonyl (C=O) groups excluding carboxylic acids is 1. The van der Waals surface area contributed by atoms with E-state index in [9.17, 15) is 4.79 Å². The summed E-state index contributed by atoms with van der Waals surface area (Å²) in [6.07, 6.45) is 3.52. The Morgan fingerprint density at radius 2 is 1.92 bits per heavy atom. The highest BCUT2D eigenvalue weighted by molar-refractivity contribution is 6.30. The third-order valence-electron chi connectivity index (χ3n) is 4.45. The number of benzene rings is 1. The molecule has 2 aromatic heterocycles. The largest absolute Gasteiger partial charge is 0.305 e. The molecular weight excluding hydrogens is 371 g/mol. The van der Waals surface area contributed by atoms with Gasteiger partial charge in [0, 0.05) is 34.7 Å². The van der Waals surface area contributed by atoms with Crippen LogP contribution in [0.1, 0.15) is 29.1 Å². The molecular formula is C19H18Cl2N4O. The van der Waals surface area contributed by atoms with Crippen LogP contribution >= 0.6 is 24.0 Å². The van der Waals surface area contributed by atoms with Gasteiger partial charge in [0.1, 0.15) is 5.69 Å². The summed E-state index contributed by atoms with van der Waals surface area (Å²) in [5.74, 6) is -0.0533. The Hall–Kier alpha value is -2.37. The fraction of sp³-hybridized carbons (Fsp3) is 0.211. The zero-order valence-electron chi connectivity index (χ0n) is 14.4. The van der Waals surface area contributed by atoms with Crippen LogP contribution in [0, 0.1) is 6.92 Å².